The smallest absolute Gasteiger partial charge is 0.340 e. The van der Waals surface area contributed by atoms with Crippen LogP contribution in [0.25, 0.3) is 0 Å². The van der Waals surface area contributed by atoms with Crippen LogP contribution >= 0.6 is 0 Å². The predicted octanol–water partition coefficient (Wildman–Crippen LogP) is 0.0364. The molecule has 7 nitrogen and oxygen atoms in total. The zero-order chi connectivity index (χ0) is 14.7. The summed E-state index contributed by atoms with van der Waals surface area (Å²) in [7, 11) is 1.31. The Kier molecular flexibility index (Phi) is 4.41. The van der Waals surface area contributed by atoms with Gasteiger partial charge in [-0.15, -0.1) is 0 Å². The molecule has 0 saturated carbocycles. The van der Waals surface area contributed by atoms with Crippen LogP contribution in [0.1, 0.15) is 17.3 Å². The normalized spacial score (nSPS) is 22.6. The van der Waals surface area contributed by atoms with Crippen molar-refractivity contribution >= 4 is 17.5 Å². The van der Waals surface area contributed by atoms with Crippen molar-refractivity contribution < 1.29 is 19.4 Å². The molecule has 1 aromatic rings. The molecule has 0 amide bonds. The Morgan fingerprint density at radius 1 is 1.65 bits per heavy atom. The predicted molar refractivity (Wildman–Crippen MR) is 73.6 cm³/mol. The number of aliphatic hydroxyl groups is 1. The number of esters is 1. The minimum atomic E-state index is -0.494. The molecule has 2 atom stereocenters. The number of hydrogen-bond donors (Lipinski definition) is 2. The second-order valence-corrected chi connectivity index (χ2v) is 4.74. The number of aromatic nitrogens is 1. The first-order chi connectivity index (χ1) is 9.56. The van der Waals surface area contributed by atoms with Gasteiger partial charge in [0, 0.05) is 19.3 Å². The van der Waals surface area contributed by atoms with Crippen molar-refractivity contribution in [1.82, 2.24) is 4.98 Å². The van der Waals surface area contributed by atoms with Gasteiger partial charge in [-0.25, -0.2) is 9.78 Å². The quantitative estimate of drug-likeness (QED) is 0.755. The molecule has 1 aromatic heterocycles. The second-order valence-electron chi connectivity index (χ2n) is 4.74. The highest BCUT2D eigenvalue weighted by Crippen LogP contribution is 2.27. The van der Waals surface area contributed by atoms with E-state index in [1.807, 2.05) is 11.8 Å². The van der Waals surface area contributed by atoms with Gasteiger partial charge in [0.15, 0.2) is 5.82 Å². The van der Waals surface area contributed by atoms with Crippen molar-refractivity contribution in [3.63, 3.8) is 0 Å². The van der Waals surface area contributed by atoms with Gasteiger partial charge in [-0.2, -0.15) is 0 Å². The minimum Gasteiger partial charge on any atom is -0.465 e. The van der Waals surface area contributed by atoms with E-state index >= 15 is 0 Å². The van der Waals surface area contributed by atoms with Gasteiger partial charge in [0.1, 0.15) is 0 Å². The first kappa shape index (κ1) is 14.5. The van der Waals surface area contributed by atoms with Gasteiger partial charge >= 0.3 is 5.97 Å². The third kappa shape index (κ3) is 2.83. The van der Waals surface area contributed by atoms with Gasteiger partial charge in [-0.3, -0.25) is 0 Å². The topological polar surface area (TPSA) is 97.9 Å². The lowest BCUT2D eigenvalue weighted by Gasteiger charge is -2.37. The molecule has 1 aliphatic rings. The molecule has 1 saturated heterocycles. The maximum absolute atomic E-state index is 11.6. The van der Waals surface area contributed by atoms with Crippen molar-refractivity contribution in [1.29, 1.82) is 0 Å². The molecule has 0 bridgehead atoms. The van der Waals surface area contributed by atoms with Crippen LogP contribution in [0.5, 0.6) is 0 Å². The molecule has 20 heavy (non-hydrogen) atoms. The summed E-state index contributed by atoms with van der Waals surface area (Å²) in [5.74, 6) is 0.0210. The molecular weight excluding hydrogens is 262 g/mol. The average molecular weight is 281 g/mol. The van der Waals surface area contributed by atoms with E-state index in [4.69, 9.17) is 15.2 Å². The summed E-state index contributed by atoms with van der Waals surface area (Å²) in [6.45, 7) is 2.91. The van der Waals surface area contributed by atoms with E-state index in [2.05, 4.69) is 4.98 Å². The maximum atomic E-state index is 11.6. The summed E-state index contributed by atoms with van der Waals surface area (Å²) in [4.78, 5) is 17.8. The highest BCUT2D eigenvalue weighted by molar-refractivity contribution is 5.97. The van der Waals surface area contributed by atoms with Crippen LogP contribution in [0, 0.1) is 0 Å². The molecule has 0 aliphatic carbocycles. The summed E-state index contributed by atoms with van der Waals surface area (Å²) in [5, 5.41) is 9.25. The van der Waals surface area contributed by atoms with Gasteiger partial charge in [-0.1, -0.05) is 0 Å². The fourth-order valence-electron chi connectivity index (χ4n) is 2.32. The number of carbonyl (C=O) groups is 1. The Labute approximate surface area is 117 Å². The number of methoxy groups -OCH3 is 1. The van der Waals surface area contributed by atoms with Crippen LogP contribution in [0.4, 0.5) is 11.5 Å². The summed E-state index contributed by atoms with van der Waals surface area (Å²) >= 11 is 0. The number of hydrogen-bond acceptors (Lipinski definition) is 7. The number of morpholine rings is 1. The molecule has 7 heteroatoms. The number of aliphatic hydroxyl groups excluding tert-OH is 1. The number of nitrogens with two attached hydrogens (primary N) is 1. The van der Waals surface area contributed by atoms with Crippen LogP contribution in [0.15, 0.2) is 12.3 Å². The summed E-state index contributed by atoms with van der Waals surface area (Å²) < 4.78 is 10.3. The molecule has 0 aromatic carbocycles. The van der Waals surface area contributed by atoms with Gasteiger partial charge in [0.05, 0.1) is 37.2 Å². The Morgan fingerprint density at radius 2 is 2.40 bits per heavy atom. The number of anilines is 2. The molecule has 2 rings (SSSR count). The first-order valence-electron chi connectivity index (χ1n) is 6.40. The van der Waals surface area contributed by atoms with E-state index in [0.717, 1.165) is 0 Å². The van der Waals surface area contributed by atoms with Crippen LogP contribution < -0.4 is 10.6 Å². The van der Waals surface area contributed by atoms with Crippen molar-refractivity contribution in [2.45, 2.75) is 19.1 Å². The molecule has 0 radical (unpaired) electrons. The SMILES string of the molecule is COC(=O)c1ccnc(N2CC(C)OC(CO)C2)c1N. The van der Waals surface area contributed by atoms with E-state index in [9.17, 15) is 9.90 Å². The van der Waals surface area contributed by atoms with E-state index in [0.29, 0.717) is 18.9 Å². The van der Waals surface area contributed by atoms with Crippen LogP contribution in [0.3, 0.4) is 0 Å². The lowest BCUT2D eigenvalue weighted by atomic mass is 10.1. The second kappa shape index (κ2) is 6.06. The Balaban J connectivity index is 2.30. The molecule has 2 heterocycles. The zero-order valence-corrected chi connectivity index (χ0v) is 11.6. The van der Waals surface area contributed by atoms with E-state index in [1.165, 1.54) is 19.4 Å². The van der Waals surface area contributed by atoms with Crippen molar-refractivity contribution in [2.24, 2.45) is 0 Å². The van der Waals surface area contributed by atoms with Crippen LogP contribution in [-0.4, -0.2) is 55.1 Å². The van der Waals surface area contributed by atoms with E-state index < -0.39 is 5.97 Å². The third-order valence-corrected chi connectivity index (χ3v) is 3.20. The molecule has 110 valence electrons. The third-order valence-electron chi connectivity index (χ3n) is 3.20. The molecule has 1 fully saturated rings. The van der Waals surface area contributed by atoms with Crippen molar-refractivity contribution in [3.8, 4) is 0 Å². The van der Waals surface area contributed by atoms with E-state index in [-0.39, 0.29) is 30.1 Å². The number of rotatable bonds is 3. The van der Waals surface area contributed by atoms with Gasteiger partial charge in [-0.05, 0) is 13.0 Å². The number of nitrogen functional groups attached to an aromatic ring is 1. The zero-order valence-electron chi connectivity index (χ0n) is 11.6. The molecule has 3 N–H and O–H groups in total. The van der Waals surface area contributed by atoms with Crippen LogP contribution in [-0.2, 0) is 9.47 Å². The average Bonchev–Trinajstić information content (AvgIpc) is 2.46. The van der Waals surface area contributed by atoms with Gasteiger partial charge < -0.3 is 25.2 Å². The number of nitrogens with zero attached hydrogens (tertiary/aromatic N) is 2. The van der Waals surface area contributed by atoms with Crippen molar-refractivity contribution in [2.75, 3.05) is 37.4 Å². The number of ether oxygens (including phenoxy) is 2. The lowest BCUT2D eigenvalue weighted by Crippen LogP contribution is -2.48. The van der Waals surface area contributed by atoms with Gasteiger partial charge in [0.25, 0.3) is 0 Å². The Bertz CT molecular complexity index is 495. The standard InChI is InChI=1S/C13H19N3O4/c1-8-5-16(6-9(7-17)20-8)12-11(14)10(3-4-15-12)13(18)19-2/h3-4,8-9,17H,5-7,14H2,1-2H3. The maximum Gasteiger partial charge on any atom is 0.340 e. The summed E-state index contributed by atoms with van der Waals surface area (Å²) in [6.07, 6.45) is 1.18. The summed E-state index contributed by atoms with van der Waals surface area (Å²) in [6, 6.07) is 1.53. The molecule has 2 unspecified atom stereocenters. The highest BCUT2D eigenvalue weighted by atomic mass is 16.5. The van der Waals surface area contributed by atoms with Crippen molar-refractivity contribution in [3.05, 3.63) is 17.8 Å². The summed E-state index contributed by atoms with van der Waals surface area (Å²) in [5.41, 5.74) is 6.59. The fraction of sp³-hybridized carbons (Fsp3) is 0.538. The Hall–Kier alpha value is -1.86. The molecule has 0 spiro atoms. The fourth-order valence-corrected chi connectivity index (χ4v) is 2.32. The Morgan fingerprint density at radius 3 is 3.05 bits per heavy atom. The monoisotopic (exact) mass is 281 g/mol. The lowest BCUT2D eigenvalue weighted by molar-refractivity contribution is -0.0422. The highest BCUT2D eigenvalue weighted by Gasteiger charge is 2.28. The molecular formula is C13H19N3O4. The molecule has 1 aliphatic heterocycles. The minimum absolute atomic E-state index is 0.0520. The number of carbonyl (C=O) groups excluding carboxylic acids is 1. The number of pyridine rings is 1. The van der Waals surface area contributed by atoms with Crippen LogP contribution in [0.2, 0.25) is 0 Å². The van der Waals surface area contributed by atoms with Gasteiger partial charge in [0.2, 0.25) is 0 Å². The first-order valence-corrected chi connectivity index (χ1v) is 6.40. The largest absolute Gasteiger partial charge is 0.465 e. The van der Waals surface area contributed by atoms with E-state index in [1.54, 1.807) is 0 Å².